The lowest BCUT2D eigenvalue weighted by Gasteiger charge is -2.18. The third-order valence-corrected chi connectivity index (χ3v) is 3.38. The minimum atomic E-state index is -0.0830. The molecule has 4 nitrogen and oxygen atoms in total. The highest BCUT2D eigenvalue weighted by Crippen LogP contribution is 2.34. The van der Waals surface area contributed by atoms with Crippen LogP contribution >= 0.6 is 0 Å². The Morgan fingerprint density at radius 3 is 2.84 bits per heavy atom. The van der Waals surface area contributed by atoms with E-state index in [1.807, 2.05) is 37.3 Å². The molecule has 0 bridgehead atoms. The number of benzene rings is 1. The molecule has 2 heterocycles. The number of rotatable bonds is 1. The number of nitrogens with zero attached hydrogens (tertiary/aromatic N) is 2. The van der Waals surface area contributed by atoms with Crippen molar-refractivity contribution in [2.45, 2.75) is 13.3 Å². The van der Waals surface area contributed by atoms with Crippen LogP contribution in [-0.4, -0.2) is 17.4 Å². The van der Waals surface area contributed by atoms with Crippen LogP contribution in [0.15, 0.2) is 36.4 Å². The molecule has 19 heavy (non-hydrogen) atoms. The van der Waals surface area contributed by atoms with E-state index in [-0.39, 0.29) is 5.91 Å². The van der Waals surface area contributed by atoms with Crippen LogP contribution in [0.4, 0.5) is 11.4 Å². The monoisotopic (exact) mass is 253 g/mol. The summed E-state index contributed by atoms with van der Waals surface area (Å²) in [6.07, 6.45) is 0.845. The van der Waals surface area contributed by atoms with Crippen molar-refractivity contribution in [3.05, 3.63) is 53.3 Å². The molecular formula is C15H15N3O. The van der Waals surface area contributed by atoms with Gasteiger partial charge in [-0.25, -0.2) is 4.98 Å². The van der Waals surface area contributed by atoms with Crippen LogP contribution in [0.1, 0.15) is 21.7 Å². The van der Waals surface area contributed by atoms with Crippen molar-refractivity contribution in [3.63, 3.8) is 0 Å². The zero-order chi connectivity index (χ0) is 13.4. The van der Waals surface area contributed by atoms with E-state index < -0.39 is 0 Å². The van der Waals surface area contributed by atoms with Gasteiger partial charge in [-0.2, -0.15) is 0 Å². The number of hydrogen-bond donors (Lipinski definition) is 1. The number of hydrogen-bond acceptors (Lipinski definition) is 3. The second kappa shape index (κ2) is 4.39. The fourth-order valence-electron chi connectivity index (χ4n) is 2.49. The van der Waals surface area contributed by atoms with Crippen molar-refractivity contribution in [1.29, 1.82) is 0 Å². The summed E-state index contributed by atoms with van der Waals surface area (Å²) in [6, 6.07) is 11.2. The number of aryl methyl sites for hydroxylation is 1. The molecule has 96 valence electrons. The maximum Gasteiger partial charge on any atom is 0.276 e. The van der Waals surface area contributed by atoms with Crippen LogP contribution in [0.2, 0.25) is 0 Å². The number of anilines is 2. The number of pyridine rings is 1. The van der Waals surface area contributed by atoms with Gasteiger partial charge in [-0.05, 0) is 37.1 Å². The van der Waals surface area contributed by atoms with Crippen molar-refractivity contribution in [1.82, 2.24) is 4.98 Å². The number of nitrogen functional groups attached to an aromatic ring is 1. The first-order valence-electron chi connectivity index (χ1n) is 6.30. The molecule has 1 aliphatic heterocycles. The lowest BCUT2D eigenvalue weighted by molar-refractivity contribution is 0.0984. The maximum atomic E-state index is 12.5. The van der Waals surface area contributed by atoms with Crippen LogP contribution in [0.5, 0.6) is 0 Å². The minimum absolute atomic E-state index is 0.0830. The van der Waals surface area contributed by atoms with Crippen molar-refractivity contribution < 1.29 is 4.79 Å². The van der Waals surface area contributed by atoms with Gasteiger partial charge in [0.1, 0.15) is 5.69 Å². The highest BCUT2D eigenvalue weighted by Gasteiger charge is 2.27. The quantitative estimate of drug-likeness (QED) is 0.792. The Balaban J connectivity index is 2.00. The standard InChI is InChI=1S/C15H15N3O/c1-10-4-2-7-13(17-10)15(19)18-9-8-11-5-3-6-12(16)14(11)18/h2-7H,8-9,16H2,1H3. The minimum Gasteiger partial charge on any atom is -0.397 e. The summed E-state index contributed by atoms with van der Waals surface area (Å²) >= 11 is 0. The molecule has 3 rings (SSSR count). The van der Waals surface area contributed by atoms with Gasteiger partial charge in [0.15, 0.2) is 0 Å². The summed E-state index contributed by atoms with van der Waals surface area (Å²) < 4.78 is 0. The first-order valence-corrected chi connectivity index (χ1v) is 6.30. The summed E-state index contributed by atoms with van der Waals surface area (Å²) in [6.45, 7) is 2.54. The van der Waals surface area contributed by atoms with Crippen molar-refractivity contribution in [2.75, 3.05) is 17.2 Å². The van der Waals surface area contributed by atoms with Gasteiger partial charge in [-0.3, -0.25) is 4.79 Å². The molecule has 0 fully saturated rings. The molecule has 2 N–H and O–H groups in total. The Bertz CT molecular complexity index is 652. The Morgan fingerprint density at radius 2 is 2.05 bits per heavy atom. The van der Waals surface area contributed by atoms with E-state index in [1.54, 1.807) is 11.0 Å². The molecule has 1 amide bonds. The van der Waals surface area contributed by atoms with Crippen LogP contribution in [0, 0.1) is 6.92 Å². The lowest BCUT2D eigenvalue weighted by atomic mass is 10.1. The molecular weight excluding hydrogens is 238 g/mol. The van der Waals surface area contributed by atoms with Gasteiger partial charge in [-0.15, -0.1) is 0 Å². The summed E-state index contributed by atoms with van der Waals surface area (Å²) in [5.74, 6) is -0.0830. The van der Waals surface area contributed by atoms with E-state index in [9.17, 15) is 4.79 Å². The first-order chi connectivity index (χ1) is 9.16. The van der Waals surface area contributed by atoms with E-state index in [1.165, 1.54) is 0 Å². The number of carbonyl (C=O) groups excluding carboxylic acids is 1. The average Bonchev–Trinajstić information content (AvgIpc) is 2.83. The molecule has 0 spiro atoms. The Hall–Kier alpha value is -2.36. The van der Waals surface area contributed by atoms with Crippen LogP contribution in [-0.2, 0) is 6.42 Å². The second-order valence-corrected chi connectivity index (χ2v) is 4.73. The van der Waals surface area contributed by atoms with Crippen LogP contribution < -0.4 is 10.6 Å². The smallest absolute Gasteiger partial charge is 0.276 e. The van der Waals surface area contributed by atoms with Crippen LogP contribution in [0.3, 0.4) is 0 Å². The zero-order valence-corrected chi connectivity index (χ0v) is 10.8. The van der Waals surface area contributed by atoms with E-state index in [0.29, 0.717) is 17.9 Å². The normalized spacial score (nSPS) is 13.4. The first kappa shape index (κ1) is 11.7. The number of aromatic nitrogens is 1. The number of fused-ring (bicyclic) bond motifs is 1. The third kappa shape index (κ3) is 1.95. The van der Waals surface area contributed by atoms with Gasteiger partial charge in [0.05, 0.1) is 11.4 Å². The van der Waals surface area contributed by atoms with Crippen molar-refractivity contribution in [2.24, 2.45) is 0 Å². The largest absolute Gasteiger partial charge is 0.397 e. The predicted octanol–water partition coefficient (Wildman–Crippen LogP) is 2.18. The fraction of sp³-hybridized carbons (Fsp3) is 0.200. The van der Waals surface area contributed by atoms with Gasteiger partial charge < -0.3 is 10.6 Å². The predicted molar refractivity (Wildman–Crippen MR) is 75.2 cm³/mol. The molecule has 0 atom stereocenters. The van der Waals surface area contributed by atoms with Gasteiger partial charge >= 0.3 is 0 Å². The number of amides is 1. The molecule has 0 radical (unpaired) electrons. The molecule has 2 aromatic rings. The average molecular weight is 253 g/mol. The zero-order valence-electron chi connectivity index (χ0n) is 10.8. The molecule has 1 aromatic heterocycles. The van der Waals surface area contributed by atoms with Crippen molar-refractivity contribution in [3.8, 4) is 0 Å². The molecule has 0 unspecified atom stereocenters. The molecule has 0 saturated carbocycles. The maximum absolute atomic E-state index is 12.5. The fourth-order valence-corrected chi connectivity index (χ4v) is 2.49. The highest BCUT2D eigenvalue weighted by molar-refractivity contribution is 6.07. The van der Waals surface area contributed by atoms with Gasteiger partial charge in [-0.1, -0.05) is 18.2 Å². The molecule has 0 saturated heterocycles. The Morgan fingerprint density at radius 1 is 1.26 bits per heavy atom. The topological polar surface area (TPSA) is 59.2 Å². The SMILES string of the molecule is Cc1cccc(C(=O)N2CCc3cccc(N)c32)n1. The van der Waals surface area contributed by atoms with Gasteiger partial charge in [0.25, 0.3) is 5.91 Å². The number of nitrogens with two attached hydrogens (primary N) is 1. The van der Waals surface area contributed by atoms with E-state index in [4.69, 9.17) is 5.73 Å². The molecule has 4 heteroatoms. The summed E-state index contributed by atoms with van der Waals surface area (Å²) in [4.78, 5) is 18.5. The second-order valence-electron chi connectivity index (χ2n) is 4.73. The Kier molecular flexibility index (Phi) is 2.71. The Labute approximate surface area is 111 Å². The number of carbonyl (C=O) groups is 1. The molecule has 1 aromatic carbocycles. The van der Waals surface area contributed by atoms with Crippen molar-refractivity contribution >= 4 is 17.3 Å². The van der Waals surface area contributed by atoms with Gasteiger partial charge in [0, 0.05) is 12.2 Å². The summed E-state index contributed by atoms with van der Waals surface area (Å²) in [5.41, 5.74) is 9.92. The van der Waals surface area contributed by atoms with Crippen LogP contribution in [0.25, 0.3) is 0 Å². The number of para-hydroxylation sites is 1. The summed E-state index contributed by atoms with van der Waals surface area (Å²) in [5, 5.41) is 0. The van der Waals surface area contributed by atoms with E-state index >= 15 is 0 Å². The molecule has 1 aliphatic rings. The van der Waals surface area contributed by atoms with E-state index in [2.05, 4.69) is 4.98 Å². The van der Waals surface area contributed by atoms with Gasteiger partial charge in [0.2, 0.25) is 0 Å². The molecule has 0 aliphatic carbocycles. The third-order valence-electron chi connectivity index (χ3n) is 3.38. The lowest BCUT2D eigenvalue weighted by Crippen LogP contribution is -2.30. The highest BCUT2D eigenvalue weighted by atomic mass is 16.2. The summed E-state index contributed by atoms with van der Waals surface area (Å²) in [7, 11) is 0. The van der Waals surface area contributed by atoms with E-state index in [0.717, 1.165) is 23.4 Å².